The molecule has 0 spiro atoms. The monoisotopic (exact) mass is 304 g/mol. The number of anilines is 2. The third-order valence-electron chi connectivity index (χ3n) is 3.15. The molecule has 0 heterocycles. The van der Waals surface area contributed by atoms with Crippen molar-refractivity contribution in [3.63, 3.8) is 0 Å². The minimum atomic E-state index is -1.02. The van der Waals surface area contributed by atoms with E-state index < -0.39 is 5.97 Å². The minimum Gasteiger partial charge on any atom is -0.478 e. The molecule has 2 N–H and O–H groups in total. The fraction of sp³-hybridized carbons (Fsp3) is 0.188. The Labute approximate surface area is 129 Å². The van der Waals surface area contributed by atoms with Crippen molar-refractivity contribution in [2.24, 2.45) is 0 Å². The number of aromatic carboxylic acids is 1. The lowest BCUT2D eigenvalue weighted by Gasteiger charge is -2.13. The van der Waals surface area contributed by atoms with Gasteiger partial charge in [-0.05, 0) is 35.9 Å². The van der Waals surface area contributed by atoms with Gasteiger partial charge in [-0.3, -0.25) is 0 Å². The summed E-state index contributed by atoms with van der Waals surface area (Å²) in [5.74, 6) is -1.02. The largest absolute Gasteiger partial charge is 0.478 e. The van der Waals surface area contributed by atoms with Crippen LogP contribution in [0.1, 0.15) is 15.9 Å². The van der Waals surface area contributed by atoms with E-state index >= 15 is 0 Å². The molecule has 2 aromatic carbocycles. The predicted octanol–water partition coefficient (Wildman–Crippen LogP) is 3.72. The molecule has 2 rings (SSSR count). The van der Waals surface area contributed by atoms with Crippen molar-refractivity contribution in [2.75, 3.05) is 24.3 Å². The molecule has 0 bridgehead atoms. The van der Waals surface area contributed by atoms with Crippen molar-refractivity contribution in [1.82, 2.24) is 0 Å². The summed E-state index contributed by atoms with van der Waals surface area (Å²) in [6, 6.07) is 13.0. The Balaban J connectivity index is 2.03. The normalized spacial score (nSPS) is 10.2. The Morgan fingerprint density at radius 2 is 1.86 bits per heavy atom. The van der Waals surface area contributed by atoms with E-state index in [0.717, 1.165) is 16.9 Å². The fourth-order valence-electron chi connectivity index (χ4n) is 1.91. The molecule has 0 saturated carbocycles. The summed E-state index contributed by atoms with van der Waals surface area (Å²) in [5, 5.41) is 12.4. The molecule has 0 atom stereocenters. The lowest BCUT2D eigenvalue weighted by atomic mass is 10.1. The molecule has 0 amide bonds. The molecule has 0 radical (unpaired) electrons. The molecule has 0 aliphatic rings. The zero-order valence-electron chi connectivity index (χ0n) is 11.9. The predicted molar refractivity (Wildman–Crippen MR) is 86.5 cm³/mol. The number of nitrogens with zero attached hydrogens (tertiary/aromatic N) is 1. The van der Waals surface area contributed by atoms with Gasteiger partial charge in [0.05, 0.1) is 10.6 Å². The molecular formula is C16H17ClN2O2. The molecule has 0 unspecified atom stereocenters. The van der Waals surface area contributed by atoms with Crippen LogP contribution in [-0.2, 0) is 6.54 Å². The first-order chi connectivity index (χ1) is 9.97. The number of halogens is 1. The molecule has 5 heteroatoms. The van der Waals surface area contributed by atoms with E-state index in [9.17, 15) is 4.79 Å². The molecule has 0 aromatic heterocycles. The Hall–Kier alpha value is -2.20. The zero-order valence-corrected chi connectivity index (χ0v) is 12.7. The van der Waals surface area contributed by atoms with Gasteiger partial charge < -0.3 is 15.3 Å². The number of carboxylic acids is 1. The highest BCUT2D eigenvalue weighted by atomic mass is 35.5. The van der Waals surface area contributed by atoms with E-state index in [1.807, 2.05) is 19.0 Å². The fourth-order valence-corrected chi connectivity index (χ4v) is 2.18. The summed E-state index contributed by atoms with van der Waals surface area (Å²) < 4.78 is 0. The molecule has 0 aliphatic carbocycles. The average Bonchev–Trinajstić information content (AvgIpc) is 2.45. The van der Waals surface area contributed by atoms with Gasteiger partial charge in [-0.2, -0.15) is 0 Å². The van der Waals surface area contributed by atoms with Crippen LogP contribution in [0.5, 0.6) is 0 Å². The Morgan fingerprint density at radius 1 is 1.19 bits per heavy atom. The highest BCUT2D eigenvalue weighted by Gasteiger charge is 2.08. The first kappa shape index (κ1) is 15.2. The number of benzene rings is 2. The number of hydrogen-bond donors (Lipinski definition) is 2. The van der Waals surface area contributed by atoms with Crippen LogP contribution in [0.4, 0.5) is 11.4 Å². The number of hydrogen-bond acceptors (Lipinski definition) is 3. The van der Waals surface area contributed by atoms with E-state index in [1.165, 1.54) is 6.07 Å². The van der Waals surface area contributed by atoms with Crippen molar-refractivity contribution < 1.29 is 9.90 Å². The summed E-state index contributed by atoms with van der Waals surface area (Å²) >= 11 is 5.94. The summed E-state index contributed by atoms with van der Waals surface area (Å²) in [7, 11) is 4.00. The van der Waals surface area contributed by atoms with Gasteiger partial charge in [-0.1, -0.05) is 23.7 Å². The molecule has 2 aromatic rings. The summed E-state index contributed by atoms with van der Waals surface area (Å²) in [6.07, 6.45) is 0. The van der Waals surface area contributed by atoms with Crippen LogP contribution >= 0.6 is 11.6 Å². The topological polar surface area (TPSA) is 52.6 Å². The van der Waals surface area contributed by atoms with Gasteiger partial charge in [0.25, 0.3) is 0 Å². The molecule has 0 aliphatic heterocycles. The van der Waals surface area contributed by atoms with Gasteiger partial charge >= 0.3 is 5.97 Å². The van der Waals surface area contributed by atoms with Crippen molar-refractivity contribution in [2.45, 2.75) is 6.54 Å². The van der Waals surface area contributed by atoms with Crippen molar-refractivity contribution in [1.29, 1.82) is 0 Å². The summed E-state index contributed by atoms with van der Waals surface area (Å²) in [6.45, 7) is 0.649. The van der Waals surface area contributed by atoms with E-state index in [0.29, 0.717) is 6.54 Å². The second kappa shape index (κ2) is 6.50. The smallest absolute Gasteiger partial charge is 0.337 e. The molecular weight excluding hydrogens is 288 g/mol. The van der Waals surface area contributed by atoms with Crippen LogP contribution in [-0.4, -0.2) is 25.2 Å². The van der Waals surface area contributed by atoms with Crippen LogP contribution in [0.15, 0.2) is 42.5 Å². The average molecular weight is 305 g/mol. The number of nitrogens with one attached hydrogen (secondary N) is 1. The number of rotatable bonds is 5. The van der Waals surface area contributed by atoms with Crippen LogP contribution in [0, 0.1) is 0 Å². The van der Waals surface area contributed by atoms with Crippen LogP contribution < -0.4 is 10.2 Å². The third kappa shape index (κ3) is 3.89. The maximum absolute atomic E-state index is 10.9. The molecule has 21 heavy (non-hydrogen) atoms. The maximum Gasteiger partial charge on any atom is 0.337 e. The first-order valence-electron chi connectivity index (χ1n) is 6.50. The highest BCUT2D eigenvalue weighted by Crippen LogP contribution is 2.21. The van der Waals surface area contributed by atoms with Crippen molar-refractivity contribution >= 4 is 28.9 Å². The highest BCUT2D eigenvalue weighted by molar-refractivity contribution is 6.33. The summed E-state index contributed by atoms with van der Waals surface area (Å²) in [5.41, 5.74) is 3.19. The number of carboxylic acid groups (broad SMARTS) is 1. The standard InChI is InChI=1S/C16H17ClN2O2/c1-19(2)13-6-3-11(4-7-13)10-18-12-5-8-14(16(20)21)15(17)9-12/h3-9,18H,10H2,1-2H3,(H,20,21). The lowest BCUT2D eigenvalue weighted by Crippen LogP contribution is -2.08. The molecule has 4 nitrogen and oxygen atoms in total. The van der Waals surface area contributed by atoms with Crippen molar-refractivity contribution in [3.8, 4) is 0 Å². The van der Waals surface area contributed by atoms with Gasteiger partial charge in [0.1, 0.15) is 0 Å². The first-order valence-corrected chi connectivity index (χ1v) is 6.88. The maximum atomic E-state index is 10.9. The second-order valence-electron chi connectivity index (χ2n) is 4.91. The van der Waals surface area contributed by atoms with Gasteiger partial charge in [-0.25, -0.2) is 4.79 Å². The van der Waals surface area contributed by atoms with Gasteiger partial charge in [0, 0.05) is 32.0 Å². The molecule has 0 saturated heterocycles. The second-order valence-corrected chi connectivity index (χ2v) is 5.32. The van der Waals surface area contributed by atoms with Crippen molar-refractivity contribution in [3.05, 3.63) is 58.6 Å². The third-order valence-corrected chi connectivity index (χ3v) is 3.46. The number of carbonyl (C=O) groups is 1. The van der Waals surface area contributed by atoms with E-state index in [4.69, 9.17) is 16.7 Å². The van der Waals surface area contributed by atoms with Gasteiger partial charge in [-0.15, -0.1) is 0 Å². The van der Waals surface area contributed by atoms with Crippen LogP contribution in [0.25, 0.3) is 0 Å². The Morgan fingerprint density at radius 3 is 2.38 bits per heavy atom. The summed E-state index contributed by atoms with van der Waals surface area (Å²) in [4.78, 5) is 12.9. The minimum absolute atomic E-state index is 0.109. The quantitative estimate of drug-likeness (QED) is 0.884. The zero-order chi connectivity index (χ0) is 15.4. The van der Waals surface area contributed by atoms with E-state index in [1.54, 1.807) is 12.1 Å². The Bertz CT molecular complexity index is 639. The van der Waals surface area contributed by atoms with E-state index in [-0.39, 0.29) is 10.6 Å². The lowest BCUT2D eigenvalue weighted by molar-refractivity contribution is 0.0697. The van der Waals surface area contributed by atoms with Crippen LogP contribution in [0.3, 0.4) is 0 Å². The van der Waals surface area contributed by atoms with Gasteiger partial charge in [0.2, 0.25) is 0 Å². The van der Waals surface area contributed by atoms with Gasteiger partial charge in [0.15, 0.2) is 0 Å². The molecule has 110 valence electrons. The Kier molecular flexibility index (Phi) is 4.70. The SMILES string of the molecule is CN(C)c1ccc(CNc2ccc(C(=O)O)c(Cl)c2)cc1. The van der Waals surface area contributed by atoms with Crippen LogP contribution in [0.2, 0.25) is 5.02 Å². The molecule has 0 fully saturated rings. The van der Waals surface area contributed by atoms with E-state index in [2.05, 4.69) is 29.6 Å².